The number of benzene rings is 2. The fraction of sp³-hybridized carbons (Fsp3) is 0.200. The van der Waals surface area contributed by atoms with Crippen LogP contribution in [-0.2, 0) is 4.79 Å². The lowest BCUT2D eigenvalue weighted by atomic mass is 9.73. The van der Waals surface area contributed by atoms with Gasteiger partial charge in [-0.05, 0) is 60.4 Å². The van der Waals surface area contributed by atoms with Crippen molar-refractivity contribution in [3.63, 3.8) is 0 Å². The Morgan fingerprint density at radius 3 is 2.75 bits per heavy atom. The van der Waals surface area contributed by atoms with Crippen molar-refractivity contribution in [2.75, 3.05) is 13.1 Å². The third-order valence-electron chi connectivity index (χ3n) is 6.38. The third kappa shape index (κ3) is 3.98. The summed E-state index contributed by atoms with van der Waals surface area (Å²) in [5.74, 6) is 0.723. The van der Waals surface area contributed by atoms with E-state index >= 15 is 0 Å². The van der Waals surface area contributed by atoms with Gasteiger partial charge in [0.15, 0.2) is 11.6 Å². The molecule has 1 saturated heterocycles. The maximum atomic E-state index is 13.5. The van der Waals surface area contributed by atoms with Crippen molar-refractivity contribution in [3.8, 4) is 11.5 Å². The summed E-state index contributed by atoms with van der Waals surface area (Å²) >= 11 is 7.02. The molecule has 2 atom stereocenters. The molecule has 4 aromatic rings. The van der Waals surface area contributed by atoms with E-state index in [9.17, 15) is 9.59 Å². The minimum atomic E-state index is -0.509. The van der Waals surface area contributed by atoms with Gasteiger partial charge in [-0.15, -0.1) is 5.10 Å². The number of fused-ring (bicyclic) bond motifs is 2. The maximum absolute atomic E-state index is 13.5. The van der Waals surface area contributed by atoms with Gasteiger partial charge in [0.25, 0.3) is 5.91 Å². The topological polar surface area (TPSA) is 113 Å². The number of likely N-dealkylation sites (tertiary alicyclic amines) is 1. The number of ether oxygens (including phenoxy) is 1. The number of halogens is 1. The average Bonchev–Trinajstić information content (AvgIpc) is 3.52. The Morgan fingerprint density at radius 1 is 1.14 bits per heavy atom. The van der Waals surface area contributed by atoms with Crippen LogP contribution in [0.15, 0.2) is 59.7 Å². The van der Waals surface area contributed by atoms with E-state index in [0.29, 0.717) is 38.6 Å². The van der Waals surface area contributed by atoms with Gasteiger partial charge in [-0.2, -0.15) is 5.10 Å². The van der Waals surface area contributed by atoms with Gasteiger partial charge >= 0.3 is 0 Å². The monoisotopic (exact) mass is 518 g/mol. The predicted molar refractivity (Wildman–Crippen MR) is 135 cm³/mol. The summed E-state index contributed by atoms with van der Waals surface area (Å²) in [6.07, 6.45) is 1.71. The number of ketones is 1. The minimum absolute atomic E-state index is 0.00941. The molecule has 0 bridgehead atoms. The van der Waals surface area contributed by atoms with E-state index in [1.165, 1.54) is 4.90 Å². The minimum Gasteiger partial charge on any atom is -0.457 e. The van der Waals surface area contributed by atoms with E-state index in [1.54, 1.807) is 37.4 Å². The highest BCUT2D eigenvalue weighted by Crippen LogP contribution is 2.44. The Bertz CT molecular complexity index is 1510. The summed E-state index contributed by atoms with van der Waals surface area (Å²) < 4.78 is 9.89. The number of H-pyrrole nitrogens is 1. The molecule has 6 rings (SSSR count). The van der Waals surface area contributed by atoms with Crippen LogP contribution in [0, 0.1) is 12.8 Å². The van der Waals surface area contributed by atoms with Crippen molar-refractivity contribution in [1.82, 2.24) is 24.7 Å². The first-order valence-electron chi connectivity index (χ1n) is 11.2. The highest BCUT2D eigenvalue weighted by Gasteiger charge is 2.45. The van der Waals surface area contributed by atoms with Crippen LogP contribution in [0.1, 0.15) is 32.4 Å². The molecule has 0 spiro atoms. The highest BCUT2D eigenvalue weighted by atomic mass is 35.5. The van der Waals surface area contributed by atoms with Gasteiger partial charge in [0.2, 0.25) is 0 Å². The SMILES string of the molecule is Cc1nnsc1C(=O)N1CC(=O)C2C(=Nc3[nH]ncc3C2c2cccc(Oc3ccc(Cl)cc3)c2)C1. The molecule has 2 unspecified atom stereocenters. The summed E-state index contributed by atoms with van der Waals surface area (Å²) in [6.45, 7) is 1.96. The molecule has 36 heavy (non-hydrogen) atoms. The number of hydrogen-bond donors (Lipinski definition) is 1. The third-order valence-corrected chi connectivity index (χ3v) is 7.44. The molecule has 0 saturated carbocycles. The van der Waals surface area contributed by atoms with Crippen LogP contribution in [0.5, 0.6) is 11.5 Å². The molecule has 2 aliphatic rings. The molecule has 2 aromatic heterocycles. The molecule has 2 aromatic carbocycles. The second kappa shape index (κ2) is 8.96. The van der Waals surface area contributed by atoms with Crippen molar-refractivity contribution >= 4 is 46.4 Å². The zero-order chi connectivity index (χ0) is 24.8. The fourth-order valence-electron chi connectivity index (χ4n) is 4.73. The number of aryl methyl sites for hydroxylation is 1. The molecule has 180 valence electrons. The quantitative estimate of drug-likeness (QED) is 0.423. The summed E-state index contributed by atoms with van der Waals surface area (Å²) in [7, 11) is 0. The molecule has 0 radical (unpaired) electrons. The number of aliphatic imine (C=N–C) groups is 1. The Labute approximate surface area is 214 Å². The number of rotatable bonds is 4. The Kier molecular flexibility index (Phi) is 5.62. The lowest BCUT2D eigenvalue weighted by Gasteiger charge is -2.38. The summed E-state index contributed by atoms with van der Waals surface area (Å²) in [6, 6.07) is 14.8. The second-order valence-electron chi connectivity index (χ2n) is 8.68. The van der Waals surface area contributed by atoms with E-state index < -0.39 is 5.92 Å². The molecular weight excluding hydrogens is 500 g/mol. The molecule has 0 aliphatic carbocycles. The summed E-state index contributed by atoms with van der Waals surface area (Å²) in [4.78, 5) is 33.3. The lowest BCUT2D eigenvalue weighted by Crippen LogP contribution is -2.52. The van der Waals surface area contributed by atoms with Crippen molar-refractivity contribution in [2.24, 2.45) is 10.9 Å². The molecular formula is C25H19ClN6O3S. The number of piperidine rings is 1. The van der Waals surface area contributed by atoms with Crippen molar-refractivity contribution < 1.29 is 14.3 Å². The van der Waals surface area contributed by atoms with Crippen LogP contribution < -0.4 is 4.74 Å². The first kappa shape index (κ1) is 22.6. The fourth-order valence-corrected chi connectivity index (χ4v) is 5.48. The Morgan fingerprint density at radius 2 is 1.97 bits per heavy atom. The lowest BCUT2D eigenvalue weighted by molar-refractivity contribution is -0.122. The van der Waals surface area contributed by atoms with Crippen LogP contribution in [0.2, 0.25) is 5.02 Å². The number of aromatic nitrogens is 4. The van der Waals surface area contributed by atoms with Gasteiger partial charge in [0.1, 0.15) is 16.4 Å². The summed E-state index contributed by atoms with van der Waals surface area (Å²) in [5.41, 5.74) is 2.91. The average molecular weight is 519 g/mol. The van der Waals surface area contributed by atoms with Gasteiger partial charge in [-0.25, -0.2) is 4.99 Å². The highest BCUT2D eigenvalue weighted by molar-refractivity contribution is 7.08. The molecule has 1 fully saturated rings. The van der Waals surface area contributed by atoms with E-state index in [-0.39, 0.29) is 30.7 Å². The standard InChI is InChI=1S/C25H19ClN6O3S/c1-13-23(36-31-29-13)25(34)32-11-19-22(20(33)12-32)21(18-10-27-30-24(18)28-19)14-3-2-4-17(9-14)35-16-7-5-15(26)6-8-16/h2-10,21-22H,11-12H2,1H3,(H,27,30). The number of carbonyl (C=O) groups is 2. The molecule has 1 N–H and O–H groups in total. The number of nitrogens with zero attached hydrogens (tertiary/aromatic N) is 5. The van der Waals surface area contributed by atoms with Crippen LogP contribution in [0.3, 0.4) is 0 Å². The van der Waals surface area contributed by atoms with Crippen LogP contribution in [-0.4, -0.2) is 55.2 Å². The van der Waals surface area contributed by atoms with Gasteiger partial charge in [-0.1, -0.05) is 28.2 Å². The van der Waals surface area contributed by atoms with Gasteiger partial charge in [0.05, 0.1) is 36.6 Å². The van der Waals surface area contributed by atoms with E-state index in [2.05, 4.69) is 19.8 Å². The number of carbonyl (C=O) groups excluding carboxylic acids is 2. The zero-order valence-corrected chi connectivity index (χ0v) is 20.6. The Balaban J connectivity index is 1.33. The number of aromatic amines is 1. The first-order valence-corrected chi connectivity index (χ1v) is 12.4. The van der Waals surface area contributed by atoms with E-state index in [4.69, 9.17) is 21.3 Å². The largest absolute Gasteiger partial charge is 0.457 e. The second-order valence-corrected chi connectivity index (χ2v) is 9.87. The summed E-state index contributed by atoms with van der Waals surface area (Å²) in [5, 5.41) is 11.7. The van der Waals surface area contributed by atoms with Crippen LogP contribution in [0.4, 0.5) is 5.82 Å². The van der Waals surface area contributed by atoms with E-state index in [1.807, 2.05) is 24.3 Å². The van der Waals surface area contributed by atoms with Gasteiger partial charge in [0, 0.05) is 16.5 Å². The predicted octanol–water partition coefficient (Wildman–Crippen LogP) is 4.57. The first-order chi connectivity index (χ1) is 17.5. The van der Waals surface area contributed by atoms with Crippen LogP contribution in [0.25, 0.3) is 0 Å². The number of nitrogens with one attached hydrogen (secondary N) is 1. The van der Waals surface area contributed by atoms with Crippen molar-refractivity contribution in [1.29, 1.82) is 0 Å². The van der Waals surface area contributed by atoms with Crippen molar-refractivity contribution in [3.05, 3.63) is 81.4 Å². The van der Waals surface area contributed by atoms with Crippen molar-refractivity contribution in [2.45, 2.75) is 12.8 Å². The van der Waals surface area contributed by atoms with Gasteiger partial charge in [-0.3, -0.25) is 14.7 Å². The molecule has 1 amide bonds. The smallest absolute Gasteiger partial charge is 0.268 e. The normalized spacial score (nSPS) is 18.9. The van der Waals surface area contributed by atoms with Crippen LogP contribution >= 0.6 is 23.1 Å². The molecule has 2 aliphatic heterocycles. The zero-order valence-electron chi connectivity index (χ0n) is 19.0. The maximum Gasteiger partial charge on any atom is 0.268 e. The molecule has 4 heterocycles. The van der Waals surface area contributed by atoms with E-state index in [0.717, 1.165) is 22.7 Å². The van der Waals surface area contributed by atoms with Gasteiger partial charge < -0.3 is 9.64 Å². The number of hydrogen-bond acceptors (Lipinski definition) is 8. The number of amides is 1. The molecule has 11 heteroatoms. The molecule has 9 nitrogen and oxygen atoms in total. The Hall–Kier alpha value is -3.89. The number of Topliss-reactive ketones (excluding diaryl/α,β-unsaturated/α-hetero) is 1.